The van der Waals surface area contributed by atoms with Crippen molar-refractivity contribution in [1.29, 1.82) is 0 Å². The van der Waals surface area contributed by atoms with Crippen molar-refractivity contribution in [3.05, 3.63) is 11.6 Å². The molecule has 2 aliphatic heterocycles. The molecule has 4 saturated carbocycles. The van der Waals surface area contributed by atoms with Crippen LogP contribution in [0.25, 0.3) is 0 Å². The highest BCUT2D eigenvalue weighted by Gasteiger charge is 2.81. The fraction of sp³-hybridized carbons (Fsp3) is 0.886. The van der Waals surface area contributed by atoms with Gasteiger partial charge in [-0.15, -0.1) is 0 Å². The van der Waals surface area contributed by atoms with E-state index >= 15 is 0 Å². The summed E-state index contributed by atoms with van der Waals surface area (Å²) in [7, 11) is 0. The molecule has 240 valence electrons. The Hall–Kier alpha value is -1.16. The largest absolute Gasteiger partial charge is 0.388 e. The van der Waals surface area contributed by atoms with Crippen LogP contribution in [0.4, 0.5) is 0 Å². The van der Waals surface area contributed by atoms with Crippen molar-refractivity contribution in [1.82, 2.24) is 0 Å². The van der Waals surface area contributed by atoms with Gasteiger partial charge < -0.3 is 29.5 Å². The average Bonchev–Trinajstić information content (AvgIpc) is 3.76. The first-order chi connectivity index (χ1) is 20.0. The van der Waals surface area contributed by atoms with E-state index in [-0.39, 0.29) is 69.1 Å². The first kappa shape index (κ1) is 30.5. The second-order valence-electron chi connectivity index (χ2n) is 17.2. The Kier molecular flexibility index (Phi) is 6.54. The highest BCUT2D eigenvalue weighted by molar-refractivity contribution is 5.90. The lowest BCUT2D eigenvalue weighted by atomic mass is 9.45. The topological polar surface area (TPSA) is 126 Å². The molecular formula is C35H52O8. The van der Waals surface area contributed by atoms with Crippen LogP contribution in [0.3, 0.4) is 0 Å². The molecule has 7 rings (SSSR count). The molecule has 0 bridgehead atoms. The molecule has 5 aliphatic carbocycles. The molecule has 6 fully saturated rings. The van der Waals surface area contributed by atoms with Crippen LogP contribution in [0.1, 0.15) is 99.8 Å². The van der Waals surface area contributed by atoms with Crippen molar-refractivity contribution in [2.45, 2.75) is 142 Å². The summed E-state index contributed by atoms with van der Waals surface area (Å²) in [5, 5.41) is 30.7. The van der Waals surface area contributed by atoms with Crippen molar-refractivity contribution in [3.8, 4) is 0 Å². The normalized spacial score (nSPS) is 53.1. The fourth-order valence-corrected chi connectivity index (χ4v) is 11.9. The van der Waals surface area contributed by atoms with Crippen molar-refractivity contribution in [2.75, 3.05) is 6.61 Å². The number of ketones is 2. The number of carbonyl (C=O) groups excluding carboxylic acids is 2. The Morgan fingerprint density at radius 2 is 1.77 bits per heavy atom. The van der Waals surface area contributed by atoms with Gasteiger partial charge in [0, 0.05) is 24.2 Å². The van der Waals surface area contributed by atoms with Crippen LogP contribution >= 0.6 is 0 Å². The summed E-state index contributed by atoms with van der Waals surface area (Å²) in [6.45, 7) is 15.2. The minimum absolute atomic E-state index is 0.00511. The number of epoxide rings is 1. The summed E-state index contributed by atoms with van der Waals surface area (Å²) in [5.74, 6) is 0.735. The highest BCUT2D eigenvalue weighted by Crippen LogP contribution is 2.87. The van der Waals surface area contributed by atoms with E-state index in [2.05, 4.69) is 40.7 Å². The number of aliphatic hydroxyl groups excluding tert-OH is 3. The highest BCUT2D eigenvalue weighted by atomic mass is 16.7. The van der Waals surface area contributed by atoms with Crippen molar-refractivity contribution in [3.63, 3.8) is 0 Å². The third-order valence-corrected chi connectivity index (χ3v) is 14.4. The van der Waals surface area contributed by atoms with Crippen LogP contribution in [0.15, 0.2) is 11.6 Å². The molecule has 0 aromatic carbocycles. The molecule has 13 unspecified atom stereocenters. The molecule has 7 aliphatic rings. The van der Waals surface area contributed by atoms with Gasteiger partial charge >= 0.3 is 0 Å². The second kappa shape index (κ2) is 9.22. The van der Waals surface area contributed by atoms with Crippen molar-refractivity contribution in [2.24, 2.45) is 44.8 Å². The Bertz CT molecular complexity index is 1260. The van der Waals surface area contributed by atoms with Gasteiger partial charge in [0.15, 0.2) is 12.1 Å². The summed E-state index contributed by atoms with van der Waals surface area (Å²) >= 11 is 0. The molecule has 13 atom stereocenters. The van der Waals surface area contributed by atoms with Gasteiger partial charge in [0.2, 0.25) is 0 Å². The zero-order valence-electron chi connectivity index (χ0n) is 27.0. The van der Waals surface area contributed by atoms with Gasteiger partial charge in [0.05, 0.1) is 18.3 Å². The minimum atomic E-state index is -1.29. The third kappa shape index (κ3) is 3.89. The molecule has 43 heavy (non-hydrogen) atoms. The van der Waals surface area contributed by atoms with E-state index in [1.54, 1.807) is 0 Å². The van der Waals surface area contributed by atoms with Crippen LogP contribution in [0.5, 0.6) is 0 Å². The van der Waals surface area contributed by atoms with Gasteiger partial charge in [0.1, 0.15) is 30.2 Å². The van der Waals surface area contributed by atoms with Crippen LogP contribution in [0, 0.1) is 44.8 Å². The number of Topliss-reactive ketones (excluding diaryl/α,β-unsaturated/α-hetero) is 2. The van der Waals surface area contributed by atoms with Gasteiger partial charge in [-0.2, -0.15) is 0 Å². The Morgan fingerprint density at radius 3 is 2.44 bits per heavy atom. The van der Waals surface area contributed by atoms with E-state index in [4.69, 9.17) is 14.2 Å². The maximum absolute atomic E-state index is 13.9. The smallest absolute Gasteiger partial charge is 0.186 e. The molecule has 0 radical (unpaired) electrons. The number of ether oxygens (including phenoxy) is 3. The minimum Gasteiger partial charge on any atom is -0.388 e. The van der Waals surface area contributed by atoms with Crippen LogP contribution < -0.4 is 0 Å². The number of carbonyl (C=O) groups is 2. The van der Waals surface area contributed by atoms with E-state index in [1.807, 2.05) is 13.8 Å². The lowest BCUT2D eigenvalue weighted by Gasteiger charge is -2.60. The summed E-state index contributed by atoms with van der Waals surface area (Å²) in [6, 6.07) is 0. The number of hydrogen-bond donors (Lipinski definition) is 3. The van der Waals surface area contributed by atoms with Crippen LogP contribution in [-0.4, -0.2) is 75.9 Å². The monoisotopic (exact) mass is 600 g/mol. The number of aliphatic hydroxyl groups is 3. The standard InChI is InChI=1S/C35H52O8/c1-18(14-19(36)28-31(4,5)43-28)25-20(37)15-33(7)23-9-8-22-30(2,3)24(42-29-27(40)26(39)21(38)16-41-29)10-11-34(22)17-35(23,34)13-12-32(25,33)6/h9,18,21-22,24-29,38-40H,8,10-17H2,1-7H3. The molecule has 0 amide bonds. The first-order valence-corrected chi connectivity index (χ1v) is 16.7. The fourth-order valence-electron chi connectivity index (χ4n) is 11.9. The lowest BCUT2D eigenvalue weighted by Crippen LogP contribution is -2.58. The van der Waals surface area contributed by atoms with Crippen LogP contribution in [-0.2, 0) is 23.8 Å². The molecule has 0 aromatic heterocycles. The number of allylic oxidation sites excluding steroid dienone is 2. The van der Waals surface area contributed by atoms with E-state index < -0.39 is 24.6 Å². The van der Waals surface area contributed by atoms with E-state index in [0.29, 0.717) is 24.5 Å². The molecule has 2 heterocycles. The van der Waals surface area contributed by atoms with Crippen molar-refractivity contribution < 1.29 is 39.1 Å². The molecule has 8 nitrogen and oxygen atoms in total. The third-order valence-electron chi connectivity index (χ3n) is 14.4. The number of fused-ring (bicyclic) bond motifs is 2. The van der Waals surface area contributed by atoms with E-state index in [1.165, 1.54) is 5.57 Å². The summed E-state index contributed by atoms with van der Waals surface area (Å²) < 4.78 is 17.7. The maximum atomic E-state index is 13.9. The summed E-state index contributed by atoms with van der Waals surface area (Å²) in [6.07, 6.45) is 4.39. The lowest BCUT2D eigenvalue weighted by molar-refractivity contribution is -0.300. The summed E-state index contributed by atoms with van der Waals surface area (Å²) in [5.41, 5.74) is 0.884. The van der Waals surface area contributed by atoms with E-state index in [0.717, 1.165) is 38.5 Å². The average molecular weight is 601 g/mol. The number of hydrogen-bond acceptors (Lipinski definition) is 8. The van der Waals surface area contributed by atoms with E-state index in [9.17, 15) is 24.9 Å². The molecular weight excluding hydrogens is 548 g/mol. The van der Waals surface area contributed by atoms with Crippen LogP contribution in [0.2, 0.25) is 0 Å². The first-order valence-electron chi connectivity index (χ1n) is 16.7. The molecule has 0 aromatic rings. The zero-order valence-corrected chi connectivity index (χ0v) is 27.0. The van der Waals surface area contributed by atoms with Gasteiger partial charge in [-0.3, -0.25) is 9.59 Å². The zero-order chi connectivity index (χ0) is 31.1. The van der Waals surface area contributed by atoms with Crippen molar-refractivity contribution >= 4 is 11.6 Å². The Balaban J connectivity index is 1.13. The van der Waals surface area contributed by atoms with Gasteiger partial charge in [-0.25, -0.2) is 0 Å². The Morgan fingerprint density at radius 1 is 1.07 bits per heavy atom. The summed E-state index contributed by atoms with van der Waals surface area (Å²) in [4.78, 5) is 27.0. The quantitative estimate of drug-likeness (QED) is 0.307. The number of rotatable bonds is 6. The molecule has 3 N–H and O–H groups in total. The Labute approximate surface area is 255 Å². The van der Waals surface area contributed by atoms with Gasteiger partial charge in [0.25, 0.3) is 0 Å². The van der Waals surface area contributed by atoms with Gasteiger partial charge in [-0.05, 0) is 85.9 Å². The SMILES string of the molecule is CC(CC(=O)C1OC1(C)C)C1C(=O)CC2(C)C3=CCC4C(C)(C)C(OC5OCC(O)C(O)C5O)CCC45CC35CCC12C. The molecule has 8 heteroatoms. The predicted molar refractivity (Wildman–Crippen MR) is 158 cm³/mol. The molecule has 2 saturated heterocycles. The second-order valence-corrected chi connectivity index (χ2v) is 17.2. The maximum Gasteiger partial charge on any atom is 0.186 e. The molecule has 2 spiro atoms. The van der Waals surface area contributed by atoms with Gasteiger partial charge in [-0.1, -0.05) is 46.3 Å². The predicted octanol–water partition coefficient (Wildman–Crippen LogP) is 4.12.